The van der Waals surface area contributed by atoms with E-state index in [0.29, 0.717) is 0 Å². The number of ether oxygens (including phenoxy) is 1. The van der Waals surface area contributed by atoms with E-state index >= 15 is 0 Å². The third kappa shape index (κ3) is 3.04. The standard InChI is InChI=1S/C11H14N2O7S/c14-3-5-7(17)8(18)10(20-5)13-2-4(1-6(15)16)9(19)12-11(13)21/h2,5,7-8,10,14,17-18H,1,3H2,(H,15,16)(H,12,19,21)/t5-,7?,8?,10-/m0/s1. The Bertz CT molecular complexity index is 655. The first-order chi connectivity index (χ1) is 9.85. The number of carboxylic acid groups (broad SMARTS) is 1. The van der Waals surface area contributed by atoms with Crippen molar-refractivity contribution in [2.45, 2.75) is 31.0 Å². The Morgan fingerprint density at radius 2 is 2.10 bits per heavy atom. The van der Waals surface area contributed by atoms with Gasteiger partial charge in [-0.1, -0.05) is 0 Å². The SMILES string of the molecule is O=C(O)Cc1cn([C@H]2O[C@@H](CO)C(O)C2O)c(=S)[nH]c1=O. The molecule has 0 amide bonds. The Kier molecular flexibility index (Phi) is 4.54. The van der Waals surface area contributed by atoms with Crippen molar-refractivity contribution >= 4 is 18.2 Å². The van der Waals surface area contributed by atoms with E-state index in [0.717, 1.165) is 10.8 Å². The number of nitrogens with one attached hydrogen (secondary N) is 1. The second kappa shape index (κ2) is 6.03. The molecule has 1 aliphatic rings. The topological polar surface area (TPSA) is 145 Å². The second-order valence-corrected chi connectivity index (χ2v) is 5.01. The molecule has 1 aromatic heterocycles. The number of rotatable bonds is 4. The number of aliphatic carboxylic acids is 1. The minimum absolute atomic E-state index is 0.0751. The summed E-state index contributed by atoms with van der Waals surface area (Å²) in [7, 11) is 0. The molecule has 0 spiro atoms. The molecule has 2 heterocycles. The molecule has 2 unspecified atom stereocenters. The van der Waals surface area contributed by atoms with Crippen LogP contribution in [0.15, 0.2) is 11.0 Å². The molecule has 0 aliphatic carbocycles. The van der Waals surface area contributed by atoms with Crippen LogP contribution in [0.4, 0.5) is 0 Å². The zero-order valence-corrected chi connectivity index (χ0v) is 11.5. The van der Waals surface area contributed by atoms with E-state index in [9.17, 15) is 19.8 Å². The van der Waals surface area contributed by atoms with Crippen molar-refractivity contribution in [1.29, 1.82) is 0 Å². The highest BCUT2D eigenvalue weighted by atomic mass is 32.1. The van der Waals surface area contributed by atoms with Gasteiger partial charge in [-0.25, -0.2) is 0 Å². The average molecular weight is 318 g/mol. The van der Waals surface area contributed by atoms with Gasteiger partial charge in [-0.15, -0.1) is 0 Å². The number of aromatic amines is 1. The van der Waals surface area contributed by atoms with Crippen molar-refractivity contribution < 1.29 is 30.0 Å². The van der Waals surface area contributed by atoms with Crippen molar-refractivity contribution in [2.24, 2.45) is 0 Å². The number of aromatic nitrogens is 2. The van der Waals surface area contributed by atoms with Gasteiger partial charge in [0.25, 0.3) is 5.56 Å². The van der Waals surface area contributed by atoms with Gasteiger partial charge in [-0.2, -0.15) is 0 Å². The van der Waals surface area contributed by atoms with Crippen LogP contribution in [0.3, 0.4) is 0 Å². The zero-order chi connectivity index (χ0) is 15.7. The molecule has 1 saturated heterocycles. The van der Waals surface area contributed by atoms with Crippen LogP contribution in [0.2, 0.25) is 0 Å². The molecule has 5 N–H and O–H groups in total. The maximum absolute atomic E-state index is 11.6. The monoisotopic (exact) mass is 318 g/mol. The number of aliphatic hydroxyl groups excluding tert-OH is 3. The van der Waals surface area contributed by atoms with E-state index < -0.39 is 49.1 Å². The lowest BCUT2D eigenvalue weighted by molar-refractivity contribution is -0.136. The fraction of sp³-hybridized carbons (Fsp3) is 0.545. The third-order valence-electron chi connectivity index (χ3n) is 3.17. The van der Waals surface area contributed by atoms with E-state index in [4.69, 9.17) is 27.2 Å². The minimum atomic E-state index is -1.38. The molecule has 0 aromatic carbocycles. The minimum Gasteiger partial charge on any atom is -0.481 e. The van der Waals surface area contributed by atoms with Gasteiger partial charge in [0.15, 0.2) is 11.0 Å². The zero-order valence-electron chi connectivity index (χ0n) is 10.7. The fourth-order valence-corrected chi connectivity index (χ4v) is 2.36. The number of carboxylic acids is 1. The van der Waals surface area contributed by atoms with Crippen molar-refractivity contribution in [1.82, 2.24) is 9.55 Å². The summed E-state index contributed by atoms with van der Waals surface area (Å²) in [6.07, 6.45) is -4.19. The second-order valence-electron chi connectivity index (χ2n) is 4.62. The van der Waals surface area contributed by atoms with Gasteiger partial charge >= 0.3 is 5.97 Å². The molecule has 116 valence electrons. The number of aliphatic hydroxyl groups is 3. The maximum Gasteiger partial charge on any atom is 0.308 e. The number of hydrogen-bond acceptors (Lipinski definition) is 7. The largest absolute Gasteiger partial charge is 0.481 e. The van der Waals surface area contributed by atoms with Crippen LogP contribution in [0.5, 0.6) is 0 Å². The van der Waals surface area contributed by atoms with Crippen LogP contribution in [-0.4, -0.2) is 60.9 Å². The summed E-state index contributed by atoms with van der Waals surface area (Å²) in [5.41, 5.74) is -0.723. The van der Waals surface area contributed by atoms with E-state index in [1.165, 1.54) is 0 Å². The Balaban J connectivity index is 2.42. The van der Waals surface area contributed by atoms with Gasteiger partial charge in [-0.05, 0) is 12.2 Å². The first kappa shape index (κ1) is 15.8. The first-order valence-electron chi connectivity index (χ1n) is 6.03. The van der Waals surface area contributed by atoms with Gasteiger partial charge < -0.3 is 25.2 Å². The maximum atomic E-state index is 11.6. The van der Waals surface area contributed by atoms with Crippen molar-refractivity contribution in [3.8, 4) is 0 Å². The number of hydrogen-bond donors (Lipinski definition) is 5. The molecule has 9 nitrogen and oxygen atoms in total. The molecule has 4 atom stereocenters. The van der Waals surface area contributed by atoms with Crippen LogP contribution in [0.25, 0.3) is 0 Å². The molecule has 0 saturated carbocycles. The molecule has 21 heavy (non-hydrogen) atoms. The highest BCUT2D eigenvalue weighted by molar-refractivity contribution is 7.71. The van der Waals surface area contributed by atoms with Gasteiger partial charge in [0.05, 0.1) is 13.0 Å². The molecule has 1 fully saturated rings. The van der Waals surface area contributed by atoms with Crippen LogP contribution >= 0.6 is 12.2 Å². The van der Waals surface area contributed by atoms with Gasteiger partial charge in [0.1, 0.15) is 18.3 Å². The molecule has 2 rings (SSSR count). The van der Waals surface area contributed by atoms with Crippen LogP contribution in [-0.2, 0) is 16.0 Å². The molecule has 10 heteroatoms. The predicted molar refractivity (Wildman–Crippen MR) is 70.2 cm³/mol. The first-order valence-corrected chi connectivity index (χ1v) is 6.44. The van der Waals surface area contributed by atoms with E-state index in [-0.39, 0.29) is 10.3 Å². The summed E-state index contributed by atoms with van der Waals surface area (Å²) >= 11 is 4.94. The lowest BCUT2D eigenvalue weighted by Crippen LogP contribution is -2.33. The van der Waals surface area contributed by atoms with E-state index in [1.807, 2.05) is 0 Å². The smallest absolute Gasteiger partial charge is 0.308 e. The Morgan fingerprint density at radius 3 is 2.62 bits per heavy atom. The highest BCUT2D eigenvalue weighted by Crippen LogP contribution is 2.29. The summed E-state index contributed by atoms with van der Waals surface area (Å²) in [4.78, 5) is 24.6. The summed E-state index contributed by atoms with van der Waals surface area (Å²) in [6.45, 7) is -0.507. The Morgan fingerprint density at radius 1 is 1.43 bits per heavy atom. The highest BCUT2D eigenvalue weighted by Gasteiger charge is 2.43. The molecular formula is C11H14N2O7S. The molecule has 1 aliphatic heterocycles. The summed E-state index contributed by atoms with van der Waals surface area (Å²) in [6, 6.07) is 0. The summed E-state index contributed by atoms with van der Waals surface area (Å²) in [5.74, 6) is -1.20. The number of H-pyrrole nitrogens is 1. The number of nitrogens with zero attached hydrogens (tertiary/aromatic N) is 1. The predicted octanol–water partition coefficient (Wildman–Crippen LogP) is -1.86. The van der Waals surface area contributed by atoms with Gasteiger partial charge in [-0.3, -0.25) is 19.1 Å². The molecule has 0 bridgehead atoms. The van der Waals surface area contributed by atoms with Crippen LogP contribution in [0, 0.1) is 4.77 Å². The van der Waals surface area contributed by atoms with E-state index in [1.54, 1.807) is 0 Å². The van der Waals surface area contributed by atoms with Gasteiger partial charge in [0, 0.05) is 11.8 Å². The van der Waals surface area contributed by atoms with Crippen molar-refractivity contribution in [3.05, 3.63) is 26.9 Å². The summed E-state index contributed by atoms with van der Waals surface area (Å²) < 4.78 is 6.34. The third-order valence-corrected chi connectivity index (χ3v) is 3.49. The molecule has 0 radical (unpaired) electrons. The molecule has 1 aromatic rings. The Labute approximate surface area is 123 Å². The van der Waals surface area contributed by atoms with Gasteiger partial charge in [0.2, 0.25) is 0 Å². The Hall–Kier alpha value is -1.59. The van der Waals surface area contributed by atoms with Crippen LogP contribution in [0.1, 0.15) is 11.8 Å². The van der Waals surface area contributed by atoms with Crippen LogP contribution < -0.4 is 5.56 Å². The lowest BCUT2D eigenvalue weighted by atomic mass is 10.1. The average Bonchev–Trinajstić information content (AvgIpc) is 2.69. The van der Waals surface area contributed by atoms with Crippen molar-refractivity contribution in [2.75, 3.05) is 6.61 Å². The normalized spacial score (nSPS) is 28.7. The summed E-state index contributed by atoms with van der Waals surface area (Å²) in [5, 5.41) is 37.4. The quantitative estimate of drug-likeness (QED) is 0.407. The van der Waals surface area contributed by atoms with E-state index in [2.05, 4.69) is 4.98 Å². The van der Waals surface area contributed by atoms with Crippen molar-refractivity contribution in [3.63, 3.8) is 0 Å². The fourth-order valence-electron chi connectivity index (χ4n) is 2.11. The lowest BCUT2D eigenvalue weighted by Gasteiger charge is -2.19. The number of carbonyl (C=O) groups is 1. The molecular weight excluding hydrogens is 304 g/mol.